The first-order chi connectivity index (χ1) is 12.1. The van der Waals surface area contributed by atoms with E-state index in [9.17, 15) is 4.79 Å². The minimum absolute atomic E-state index is 0.0216. The molecule has 130 valence electrons. The number of benzene rings is 2. The molecule has 0 fully saturated rings. The largest absolute Gasteiger partial charge is 0.384 e. The van der Waals surface area contributed by atoms with E-state index < -0.39 is 0 Å². The highest BCUT2D eigenvalue weighted by Gasteiger charge is 2.17. The number of carbonyl (C=O) groups excluding carboxylic acids is 1. The number of fused-ring (bicyclic) bond motifs is 1. The Kier molecular flexibility index (Phi) is 5.14. The van der Waals surface area contributed by atoms with Crippen molar-refractivity contribution in [1.82, 2.24) is 15.1 Å². The zero-order valence-corrected chi connectivity index (χ0v) is 14.8. The fraction of sp³-hybridized carbons (Fsp3) is 0.300. The normalized spacial score (nSPS) is 12.3. The first-order valence-electron chi connectivity index (χ1n) is 8.42. The van der Waals surface area contributed by atoms with Crippen molar-refractivity contribution < 1.29 is 9.53 Å². The summed E-state index contributed by atoms with van der Waals surface area (Å²) >= 11 is 0. The lowest BCUT2D eigenvalue weighted by Gasteiger charge is -2.14. The van der Waals surface area contributed by atoms with Crippen LogP contribution in [0.25, 0.3) is 16.5 Å². The second-order valence-electron chi connectivity index (χ2n) is 6.13. The number of carbonyl (C=O) groups is 1. The lowest BCUT2D eigenvalue weighted by molar-refractivity contribution is -0.122. The van der Waals surface area contributed by atoms with Crippen LogP contribution in [-0.4, -0.2) is 29.4 Å². The molecular formula is C20H23N3O2. The predicted octanol–water partition coefficient (Wildman–Crippen LogP) is 3.55. The third-order valence-electron chi connectivity index (χ3n) is 4.42. The molecule has 0 bridgehead atoms. The Balaban J connectivity index is 1.89. The van der Waals surface area contributed by atoms with Crippen molar-refractivity contribution in [2.24, 2.45) is 0 Å². The number of nitrogens with zero attached hydrogens (tertiary/aromatic N) is 2. The van der Waals surface area contributed by atoms with Crippen molar-refractivity contribution >= 4 is 16.7 Å². The first kappa shape index (κ1) is 17.2. The molecule has 0 saturated carbocycles. The molecule has 25 heavy (non-hydrogen) atoms. The second kappa shape index (κ2) is 7.49. The van der Waals surface area contributed by atoms with Gasteiger partial charge in [-0.15, -0.1) is 0 Å². The summed E-state index contributed by atoms with van der Waals surface area (Å²) in [5, 5.41) is 9.90. The number of ether oxygens (including phenoxy) is 1. The van der Waals surface area contributed by atoms with Gasteiger partial charge in [0.1, 0.15) is 0 Å². The maximum atomic E-state index is 11.9. The third-order valence-corrected chi connectivity index (χ3v) is 4.42. The number of hydrogen-bond acceptors (Lipinski definition) is 3. The molecule has 0 saturated heterocycles. The van der Waals surface area contributed by atoms with E-state index >= 15 is 0 Å². The van der Waals surface area contributed by atoms with Crippen LogP contribution in [0.3, 0.4) is 0 Å². The molecular weight excluding hydrogens is 314 g/mol. The molecule has 1 amide bonds. The molecule has 1 heterocycles. The fourth-order valence-electron chi connectivity index (χ4n) is 3.07. The number of nitrogens with one attached hydrogen (secondary N) is 1. The standard InChI is InChI=1S/C20H23N3O2/c1-14(22-20(24)11-12-25-3)18-13-21-23(15(18)2)19-10-6-8-16-7-4-5-9-17(16)19/h4-10,13-14H,11-12H2,1-3H3,(H,22,24). The van der Waals surface area contributed by atoms with E-state index in [0.717, 1.165) is 22.3 Å². The van der Waals surface area contributed by atoms with E-state index in [1.807, 2.05) is 42.9 Å². The number of amides is 1. The zero-order valence-electron chi connectivity index (χ0n) is 14.8. The van der Waals surface area contributed by atoms with E-state index in [2.05, 4.69) is 34.7 Å². The fourth-order valence-corrected chi connectivity index (χ4v) is 3.07. The van der Waals surface area contributed by atoms with E-state index in [1.54, 1.807) is 7.11 Å². The van der Waals surface area contributed by atoms with Gasteiger partial charge in [-0.25, -0.2) is 4.68 Å². The van der Waals surface area contributed by atoms with Crippen molar-refractivity contribution in [3.8, 4) is 5.69 Å². The smallest absolute Gasteiger partial charge is 0.222 e. The number of rotatable bonds is 6. The summed E-state index contributed by atoms with van der Waals surface area (Å²) in [6.07, 6.45) is 2.19. The summed E-state index contributed by atoms with van der Waals surface area (Å²) in [4.78, 5) is 11.9. The molecule has 0 aliphatic rings. The van der Waals surface area contributed by atoms with Gasteiger partial charge in [0.25, 0.3) is 0 Å². The van der Waals surface area contributed by atoms with Gasteiger partial charge in [-0.2, -0.15) is 5.10 Å². The Labute approximate surface area is 147 Å². The summed E-state index contributed by atoms with van der Waals surface area (Å²) in [6, 6.07) is 14.3. The second-order valence-corrected chi connectivity index (χ2v) is 6.13. The topological polar surface area (TPSA) is 56.1 Å². The number of aromatic nitrogens is 2. The van der Waals surface area contributed by atoms with Gasteiger partial charge < -0.3 is 10.1 Å². The van der Waals surface area contributed by atoms with Gasteiger partial charge in [0.05, 0.1) is 24.5 Å². The highest BCUT2D eigenvalue weighted by Crippen LogP contribution is 2.25. The van der Waals surface area contributed by atoms with Gasteiger partial charge in [0.15, 0.2) is 0 Å². The van der Waals surface area contributed by atoms with E-state index in [1.165, 1.54) is 5.39 Å². The highest BCUT2D eigenvalue weighted by molar-refractivity contribution is 5.90. The van der Waals surface area contributed by atoms with Crippen molar-refractivity contribution in [1.29, 1.82) is 0 Å². The molecule has 1 atom stereocenters. The van der Waals surface area contributed by atoms with Crippen LogP contribution >= 0.6 is 0 Å². The Morgan fingerprint density at radius 1 is 1.24 bits per heavy atom. The third kappa shape index (κ3) is 3.56. The van der Waals surface area contributed by atoms with Crippen LogP contribution in [0.5, 0.6) is 0 Å². The maximum Gasteiger partial charge on any atom is 0.222 e. The monoisotopic (exact) mass is 337 g/mol. The van der Waals surface area contributed by atoms with Gasteiger partial charge in [-0.3, -0.25) is 4.79 Å². The molecule has 3 aromatic rings. The molecule has 0 spiro atoms. The minimum Gasteiger partial charge on any atom is -0.384 e. The van der Waals surface area contributed by atoms with Crippen LogP contribution in [0.1, 0.15) is 30.6 Å². The van der Waals surface area contributed by atoms with E-state index in [0.29, 0.717) is 13.0 Å². The van der Waals surface area contributed by atoms with Crippen molar-refractivity contribution in [3.63, 3.8) is 0 Å². The van der Waals surface area contributed by atoms with Crippen LogP contribution in [0.4, 0.5) is 0 Å². The average molecular weight is 337 g/mol. The van der Waals surface area contributed by atoms with E-state index in [-0.39, 0.29) is 11.9 Å². The first-order valence-corrected chi connectivity index (χ1v) is 8.42. The zero-order chi connectivity index (χ0) is 17.8. The lowest BCUT2D eigenvalue weighted by Crippen LogP contribution is -2.27. The number of methoxy groups -OCH3 is 1. The van der Waals surface area contributed by atoms with Gasteiger partial charge in [-0.05, 0) is 25.3 Å². The van der Waals surface area contributed by atoms with Crippen LogP contribution in [0, 0.1) is 6.92 Å². The molecule has 0 radical (unpaired) electrons. The SMILES string of the molecule is COCCC(=O)NC(C)c1cnn(-c2cccc3ccccc23)c1C. The van der Waals surface area contributed by atoms with Crippen molar-refractivity contribution in [3.05, 3.63) is 59.9 Å². The molecule has 5 heteroatoms. The molecule has 3 rings (SSSR count). The molecule has 1 N–H and O–H groups in total. The van der Waals surface area contributed by atoms with Crippen molar-refractivity contribution in [2.75, 3.05) is 13.7 Å². The minimum atomic E-state index is -0.104. The Morgan fingerprint density at radius 2 is 2.00 bits per heavy atom. The van der Waals surface area contributed by atoms with Gasteiger partial charge in [0.2, 0.25) is 5.91 Å². The van der Waals surface area contributed by atoms with Gasteiger partial charge in [0, 0.05) is 30.2 Å². The average Bonchev–Trinajstić information content (AvgIpc) is 3.01. The summed E-state index contributed by atoms with van der Waals surface area (Å²) in [7, 11) is 1.59. The quantitative estimate of drug-likeness (QED) is 0.748. The Hall–Kier alpha value is -2.66. The molecule has 2 aromatic carbocycles. The molecule has 5 nitrogen and oxygen atoms in total. The Morgan fingerprint density at radius 3 is 2.80 bits per heavy atom. The van der Waals surface area contributed by atoms with Crippen molar-refractivity contribution in [2.45, 2.75) is 26.3 Å². The summed E-state index contributed by atoms with van der Waals surface area (Å²) in [5.41, 5.74) is 3.08. The predicted molar refractivity (Wildman–Crippen MR) is 98.9 cm³/mol. The molecule has 1 unspecified atom stereocenters. The Bertz CT molecular complexity index is 880. The molecule has 0 aliphatic heterocycles. The van der Waals surface area contributed by atoms with E-state index in [4.69, 9.17) is 4.74 Å². The summed E-state index contributed by atoms with van der Waals surface area (Å²) in [6.45, 7) is 4.43. The highest BCUT2D eigenvalue weighted by atomic mass is 16.5. The van der Waals surface area contributed by atoms with Crippen LogP contribution in [-0.2, 0) is 9.53 Å². The van der Waals surface area contributed by atoms with Gasteiger partial charge >= 0.3 is 0 Å². The number of hydrogen-bond donors (Lipinski definition) is 1. The van der Waals surface area contributed by atoms with Crippen LogP contribution in [0.2, 0.25) is 0 Å². The molecule has 0 aliphatic carbocycles. The van der Waals surface area contributed by atoms with Gasteiger partial charge in [-0.1, -0.05) is 36.4 Å². The lowest BCUT2D eigenvalue weighted by atomic mass is 10.1. The summed E-state index contributed by atoms with van der Waals surface area (Å²) in [5.74, 6) is -0.0216. The van der Waals surface area contributed by atoms with Crippen LogP contribution < -0.4 is 5.32 Å². The van der Waals surface area contributed by atoms with Crippen LogP contribution in [0.15, 0.2) is 48.7 Å². The summed E-state index contributed by atoms with van der Waals surface area (Å²) < 4.78 is 6.89. The maximum absolute atomic E-state index is 11.9. The molecule has 1 aromatic heterocycles.